The maximum absolute atomic E-state index is 12.4. The predicted molar refractivity (Wildman–Crippen MR) is 105 cm³/mol. The number of thioether (sulfide) groups is 1. The van der Waals surface area contributed by atoms with Crippen molar-refractivity contribution in [2.24, 2.45) is 0 Å². The van der Waals surface area contributed by atoms with Crippen LogP contribution < -0.4 is 0 Å². The Morgan fingerprint density at radius 3 is 2.52 bits per heavy atom. The summed E-state index contributed by atoms with van der Waals surface area (Å²) in [6.45, 7) is 1.38. The van der Waals surface area contributed by atoms with Crippen LogP contribution >= 0.6 is 11.8 Å². The molecule has 1 aromatic heterocycles. The topological polar surface area (TPSA) is 103 Å². The van der Waals surface area contributed by atoms with E-state index >= 15 is 0 Å². The largest absolute Gasteiger partial charge is 0.465 e. The van der Waals surface area contributed by atoms with Gasteiger partial charge in [0, 0.05) is 11.6 Å². The average molecular weight is 415 g/mol. The molecular weight excluding hydrogens is 398 g/mol. The molecule has 1 saturated heterocycles. The Balaban J connectivity index is 1.74. The van der Waals surface area contributed by atoms with Gasteiger partial charge in [-0.2, -0.15) is 0 Å². The van der Waals surface area contributed by atoms with E-state index in [0.717, 1.165) is 22.2 Å². The van der Waals surface area contributed by atoms with Gasteiger partial charge in [0.05, 0.1) is 24.2 Å². The van der Waals surface area contributed by atoms with E-state index in [9.17, 15) is 19.2 Å². The van der Waals surface area contributed by atoms with Crippen LogP contribution in [0, 0.1) is 0 Å². The molecule has 1 aliphatic heterocycles. The summed E-state index contributed by atoms with van der Waals surface area (Å²) < 4.78 is 15.2. The van der Waals surface area contributed by atoms with Gasteiger partial charge in [0.1, 0.15) is 18.1 Å². The van der Waals surface area contributed by atoms with Crippen molar-refractivity contribution in [3.05, 3.63) is 52.6 Å². The van der Waals surface area contributed by atoms with Crippen LogP contribution in [-0.4, -0.2) is 48.2 Å². The van der Waals surface area contributed by atoms with E-state index in [-0.39, 0.29) is 11.5 Å². The van der Waals surface area contributed by atoms with Crippen molar-refractivity contribution in [2.45, 2.75) is 6.92 Å². The van der Waals surface area contributed by atoms with Crippen LogP contribution in [-0.2, 0) is 19.1 Å². The van der Waals surface area contributed by atoms with Crippen LogP contribution in [0.4, 0.5) is 4.79 Å². The van der Waals surface area contributed by atoms with E-state index < -0.39 is 29.6 Å². The summed E-state index contributed by atoms with van der Waals surface area (Å²) in [5.41, 5.74) is 1.14. The summed E-state index contributed by atoms with van der Waals surface area (Å²) >= 11 is 0.729. The molecule has 9 heteroatoms. The Kier molecular flexibility index (Phi) is 6.18. The number of methoxy groups -OCH3 is 1. The SMILES string of the molecule is CCOC(=O)CN1C(=O)S/C(=C\c2ccc(-c3ccc(C(=O)OC)cc3)o2)C1=O. The minimum Gasteiger partial charge on any atom is -0.465 e. The fraction of sp³-hybridized carbons (Fsp3) is 0.200. The summed E-state index contributed by atoms with van der Waals surface area (Å²) in [6.07, 6.45) is 1.45. The number of amides is 2. The Labute approximate surface area is 170 Å². The van der Waals surface area contributed by atoms with Crippen LogP contribution in [0.5, 0.6) is 0 Å². The first-order valence-electron chi connectivity index (χ1n) is 8.62. The average Bonchev–Trinajstić information content (AvgIpc) is 3.28. The van der Waals surface area contributed by atoms with E-state index in [1.54, 1.807) is 43.3 Å². The highest BCUT2D eigenvalue weighted by Crippen LogP contribution is 2.33. The molecule has 3 rings (SSSR count). The van der Waals surface area contributed by atoms with Crippen molar-refractivity contribution >= 4 is 40.9 Å². The monoisotopic (exact) mass is 415 g/mol. The van der Waals surface area contributed by atoms with Crippen LogP contribution in [0.25, 0.3) is 17.4 Å². The Morgan fingerprint density at radius 2 is 1.86 bits per heavy atom. The molecule has 2 amide bonds. The zero-order chi connectivity index (χ0) is 21.0. The summed E-state index contributed by atoms with van der Waals surface area (Å²) in [7, 11) is 1.31. The number of hydrogen-bond acceptors (Lipinski definition) is 8. The fourth-order valence-corrected chi connectivity index (χ4v) is 3.39. The normalized spacial score (nSPS) is 15.1. The van der Waals surface area contributed by atoms with Gasteiger partial charge >= 0.3 is 11.9 Å². The molecule has 0 atom stereocenters. The zero-order valence-corrected chi connectivity index (χ0v) is 16.5. The second-order valence-electron chi connectivity index (χ2n) is 5.84. The minimum atomic E-state index is -0.647. The van der Waals surface area contributed by atoms with Gasteiger partial charge in [0.15, 0.2) is 0 Å². The molecule has 2 aromatic rings. The van der Waals surface area contributed by atoms with Crippen molar-refractivity contribution in [3.63, 3.8) is 0 Å². The molecule has 8 nitrogen and oxygen atoms in total. The summed E-state index contributed by atoms with van der Waals surface area (Å²) in [4.78, 5) is 48.4. The lowest BCUT2D eigenvalue weighted by Crippen LogP contribution is -2.34. The number of carbonyl (C=O) groups excluding carboxylic acids is 4. The maximum Gasteiger partial charge on any atom is 0.337 e. The lowest BCUT2D eigenvalue weighted by Gasteiger charge is -2.10. The first-order valence-corrected chi connectivity index (χ1v) is 9.44. The molecule has 0 unspecified atom stereocenters. The molecule has 0 aliphatic carbocycles. The summed E-state index contributed by atoms with van der Waals surface area (Å²) in [5, 5.41) is -0.542. The standard InChI is InChI=1S/C20H17NO7S/c1-3-27-17(22)11-21-18(23)16(29-20(21)25)10-14-8-9-15(28-14)12-4-6-13(7-5-12)19(24)26-2/h4-10H,3,11H2,1-2H3/b16-10-. The molecule has 0 saturated carbocycles. The van der Waals surface area contributed by atoms with E-state index in [2.05, 4.69) is 4.74 Å². The van der Waals surface area contributed by atoms with Crippen LogP contribution in [0.2, 0.25) is 0 Å². The summed E-state index contributed by atoms with van der Waals surface area (Å²) in [6, 6.07) is 10.0. The second-order valence-corrected chi connectivity index (χ2v) is 6.84. The molecule has 150 valence electrons. The second kappa shape index (κ2) is 8.78. The first-order chi connectivity index (χ1) is 13.9. The molecule has 0 N–H and O–H groups in total. The molecule has 0 spiro atoms. The number of esters is 2. The Morgan fingerprint density at radius 1 is 1.14 bits per heavy atom. The number of imide groups is 1. The van der Waals surface area contributed by atoms with Gasteiger partial charge in [0.2, 0.25) is 0 Å². The predicted octanol–water partition coefficient (Wildman–Crippen LogP) is 3.33. The fourth-order valence-electron chi connectivity index (χ4n) is 2.58. The van der Waals surface area contributed by atoms with Crippen molar-refractivity contribution < 1.29 is 33.1 Å². The number of ether oxygens (including phenoxy) is 2. The van der Waals surface area contributed by atoms with E-state index in [0.29, 0.717) is 17.1 Å². The lowest BCUT2D eigenvalue weighted by atomic mass is 10.1. The van der Waals surface area contributed by atoms with Gasteiger partial charge < -0.3 is 13.9 Å². The van der Waals surface area contributed by atoms with E-state index in [1.807, 2.05) is 0 Å². The molecule has 29 heavy (non-hydrogen) atoms. The maximum atomic E-state index is 12.4. The van der Waals surface area contributed by atoms with Crippen LogP contribution in [0.1, 0.15) is 23.0 Å². The highest BCUT2D eigenvalue weighted by atomic mass is 32.2. The van der Waals surface area contributed by atoms with Gasteiger partial charge in [-0.05, 0) is 43.0 Å². The Hall–Kier alpha value is -3.33. The van der Waals surface area contributed by atoms with E-state index in [4.69, 9.17) is 9.15 Å². The number of carbonyl (C=O) groups is 4. The quantitative estimate of drug-likeness (QED) is 0.523. The van der Waals surface area contributed by atoms with Crippen LogP contribution in [0.3, 0.4) is 0 Å². The Bertz CT molecular complexity index is 991. The minimum absolute atomic E-state index is 0.154. The molecular formula is C20H17NO7S. The molecule has 0 bridgehead atoms. The number of hydrogen-bond donors (Lipinski definition) is 0. The van der Waals surface area contributed by atoms with Gasteiger partial charge in [-0.1, -0.05) is 12.1 Å². The van der Waals surface area contributed by atoms with Crippen molar-refractivity contribution in [3.8, 4) is 11.3 Å². The van der Waals surface area contributed by atoms with Crippen molar-refractivity contribution in [1.82, 2.24) is 4.90 Å². The molecule has 1 aliphatic rings. The van der Waals surface area contributed by atoms with Crippen molar-refractivity contribution in [1.29, 1.82) is 0 Å². The molecule has 2 heterocycles. The van der Waals surface area contributed by atoms with Crippen molar-refractivity contribution in [2.75, 3.05) is 20.3 Å². The molecule has 1 fully saturated rings. The third-order valence-electron chi connectivity index (χ3n) is 3.96. The van der Waals surface area contributed by atoms with E-state index in [1.165, 1.54) is 13.2 Å². The third-order valence-corrected chi connectivity index (χ3v) is 4.86. The number of rotatable bonds is 6. The van der Waals surface area contributed by atoms with Gasteiger partial charge in [-0.3, -0.25) is 19.3 Å². The smallest absolute Gasteiger partial charge is 0.337 e. The molecule has 0 radical (unpaired) electrons. The van der Waals surface area contributed by atoms with Gasteiger partial charge in [-0.15, -0.1) is 0 Å². The van der Waals surface area contributed by atoms with Crippen LogP contribution in [0.15, 0.2) is 45.7 Å². The highest BCUT2D eigenvalue weighted by molar-refractivity contribution is 8.18. The number of benzene rings is 1. The third kappa shape index (κ3) is 4.57. The highest BCUT2D eigenvalue weighted by Gasteiger charge is 2.36. The lowest BCUT2D eigenvalue weighted by molar-refractivity contribution is -0.145. The van der Waals surface area contributed by atoms with Gasteiger partial charge in [-0.25, -0.2) is 4.79 Å². The number of nitrogens with zero attached hydrogens (tertiary/aromatic N) is 1. The zero-order valence-electron chi connectivity index (χ0n) is 15.7. The number of furan rings is 1. The first kappa shape index (κ1) is 20.4. The van der Waals surface area contributed by atoms with Gasteiger partial charge in [0.25, 0.3) is 11.1 Å². The summed E-state index contributed by atoms with van der Waals surface area (Å²) in [5.74, 6) is -0.757. The molecule has 1 aromatic carbocycles.